The molecule has 1 aromatic heterocycles. The van der Waals surface area contributed by atoms with Gasteiger partial charge in [0.25, 0.3) is 5.22 Å². The summed E-state index contributed by atoms with van der Waals surface area (Å²) in [5.41, 5.74) is 5.12. The predicted molar refractivity (Wildman–Crippen MR) is 105 cm³/mol. The Labute approximate surface area is 158 Å². The standard InChI is InChI=1S/C21H22N2O2S/c1-4-15-8-11-16(5-2)18(12-15)19(24)13-26-21-23-22-20(25-21)17-9-6-14(3)7-10-17/h6-12H,4-5,13H2,1-3H3. The second-order valence-electron chi connectivity index (χ2n) is 6.15. The minimum Gasteiger partial charge on any atom is -0.411 e. The minimum absolute atomic E-state index is 0.0947. The van der Waals surface area contributed by atoms with Gasteiger partial charge in [0.1, 0.15) is 0 Å². The molecule has 0 fully saturated rings. The van der Waals surface area contributed by atoms with Crippen molar-refractivity contribution in [2.45, 2.75) is 38.8 Å². The first-order chi connectivity index (χ1) is 12.6. The molecule has 0 amide bonds. The van der Waals surface area contributed by atoms with Gasteiger partial charge in [-0.3, -0.25) is 4.79 Å². The van der Waals surface area contributed by atoms with E-state index >= 15 is 0 Å². The first-order valence-corrected chi connectivity index (χ1v) is 9.77. The molecular weight excluding hydrogens is 344 g/mol. The number of carbonyl (C=O) groups is 1. The van der Waals surface area contributed by atoms with Crippen LogP contribution in [0.2, 0.25) is 0 Å². The number of hydrogen-bond donors (Lipinski definition) is 0. The van der Waals surface area contributed by atoms with Crippen LogP contribution in [0.15, 0.2) is 52.1 Å². The van der Waals surface area contributed by atoms with Crippen LogP contribution >= 0.6 is 11.8 Å². The molecule has 0 aliphatic heterocycles. The van der Waals surface area contributed by atoms with Gasteiger partial charge in [-0.1, -0.05) is 55.4 Å². The maximum Gasteiger partial charge on any atom is 0.277 e. The fourth-order valence-electron chi connectivity index (χ4n) is 2.70. The van der Waals surface area contributed by atoms with Crippen LogP contribution in [-0.4, -0.2) is 21.7 Å². The Hall–Kier alpha value is -2.40. The number of carbonyl (C=O) groups excluding carboxylic acids is 1. The van der Waals surface area contributed by atoms with Crippen molar-refractivity contribution in [1.29, 1.82) is 0 Å². The number of benzene rings is 2. The number of aryl methyl sites for hydroxylation is 3. The minimum atomic E-state index is 0.0947. The monoisotopic (exact) mass is 366 g/mol. The maximum absolute atomic E-state index is 12.7. The van der Waals surface area contributed by atoms with Gasteiger partial charge in [-0.2, -0.15) is 0 Å². The maximum atomic E-state index is 12.7. The van der Waals surface area contributed by atoms with E-state index in [1.807, 2.05) is 37.3 Å². The van der Waals surface area contributed by atoms with E-state index in [4.69, 9.17) is 4.42 Å². The van der Waals surface area contributed by atoms with Crippen molar-refractivity contribution in [2.75, 3.05) is 5.75 Å². The lowest BCUT2D eigenvalue weighted by atomic mass is 9.98. The lowest BCUT2D eigenvalue weighted by molar-refractivity contribution is 0.102. The molecule has 0 aliphatic rings. The number of hydrogen-bond acceptors (Lipinski definition) is 5. The fourth-order valence-corrected chi connectivity index (χ4v) is 3.34. The fraction of sp³-hybridized carbons (Fsp3) is 0.286. The normalized spacial score (nSPS) is 10.9. The van der Waals surface area contributed by atoms with Gasteiger partial charge in [-0.25, -0.2) is 0 Å². The van der Waals surface area contributed by atoms with Gasteiger partial charge in [0, 0.05) is 11.1 Å². The zero-order chi connectivity index (χ0) is 18.5. The highest BCUT2D eigenvalue weighted by molar-refractivity contribution is 7.99. The molecule has 0 bridgehead atoms. The smallest absolute Gasteiger partial charge is 0.277 e. The van der Waals surface area contributed by atoms with E-state index in [1.54, 1.807) is 0 Å². The van der Waals surface area contributed by atoms with Gasteiger partial charge in [0.2, 0.25) is 5.89 Å². The molecule has 1 heterocycles. The molecule has 3 aromatic rings. The van der Waals surface area contributed by atoms with Crippen LogP contribution in [0.3, 0.4) is 0 Å². The van der Waals surface area contributed by atoms with Crippen molar-refractivity contribution in [2.24, 2.45) is 0 Å². The summed E-state index contributed by atoms with van der Waals surface area (Å²) < 4.78 is 5.69. The van der Waals surface area contributed by atoms with Crippen LogP contribution in [0.5, 0.6) is 0 Å². The molecule has 0 radical (unpaired) electrons. The third-order valence-corrected chi connectivity index (χ3v) is 5.11. The molecule has 26 heavy (non-hydrogen) atoms. The van der Waals surface area contributed by atoms with Crippen LogP contribution < -0.4 is 0 Å². The van der Waals surface area contributed by atoms with Crippen LogP contribution in [0.25, 0.3) is 11.5 Å². The number of rotatable bonds is 7. The van der Waals surface area contributed by atoms with Crippen LogP contribution in [0.4, 0.5) is 0 Å². The summed E-state index contributed by atoms with van der Waals surface area (Å²) in [4.78, 5) is 12.7. The number of nitrogens with zero attached hydrogens (tertiary/aromatic N) is 2. The van der Waals surface area contributed by atoms with Crippen molar-refractivity contribution in [1.82, 2.24) is 10.2 Å². The Morgan fingerprint density at radius 2 is 1.81 bits per heavy atom. The van der Waals surface area contributed by atoms with E-state index in [0.717, 1.165) is 29.5 Å². The average molecular weight is 366 g/mol. The van der Waals surface area contributed by atoms with Gasteiger partial charge in [-0.15, -0.1) is 10.2 Å². The zero-order valence-corrected chi connectivity index (χ0v) is 16.1. The van der Waals surface area contributed by atoms with E-state index in [9.17, 15) is 4.79 Å². The second-order valence-corrected chi connectivity index (χ2v) is 7.08. The Balaban J connectivity index is 1.70. The summed E-state index contributed by atoms with van der Waals surface area (Å²) in [5.74, 6) is 0.856. The van der Waals surface area contributed by atoms with Crippen molar-refractivity contribution >= 4 is 17.5 Å². The molecule has 0 saturated heterocycles. The zero-order valence-electron chi connectivity index (χ0n) is 15.3. The number of thioether (sulfide) groups is 1. The molecule has 0 aliphatic carbocycles. The summed E-state index contributed by atoms with van der Waals surface area (Å²) >= 11 is 1.28. The van der Waals surface area contributed by atoms with E-state index in [0.29, 0.717) is 11.1 Å². The molecule has 5 heteroatoms. The van der Waals surface area contributed by atoms with Gasteiger partial charge in [0.15, 0.2) is 5.78 Å². The number of Topliss-reactive ketones (excluding diaryl/α,β-unsaturated/α-hetero) is 1. The Morgan fingerprint density at radius 3 is 2.50 bits per heavy atom. The van der Waals surface area contributed by atoms with Crippen LogP contribution in [0, 0.1) is 6.92 Å². The largest absolute Gasteiger partial charge is 0.411 e. The third kappa shape index (κ3) is 4.22. The highest BCUT2D eigenvalue weighted by Crippen LogP contribution is 2.25. The number of ketones is 1. The summed E-state index contributed by atoms with van der Waals surface area (Å²) in [7, 11) is 0. The summed E-state index contributed by atoms with van der Waals surface area (Å²) in [6.45, 7) is 6.19. The molecule has 0 unspecified atom stereocenters. The number of aromatic nitrogens is 2. The van der Waals surface area contributed by atoms with Crippen LogP contribution in [-0.2, 0) is 12.8 Å². The first kappa shape index (κ1) is 18.4. The van der Waals surface area contributed by atoms with Crippen molar-refractivity contribution in [3.05, 3.63) is 64.7 Å². The molecular formula is C21H22N2O2S. The Kier molecular flexibility index (Phi) is 5.89. The molecule has 0 N–H and O–H groups in total. The quantitative estimate of drug-likeness (QED) is 0.428. The van der Waals surface area contributed by atoms with Gasteiger partial charge < -0.3 is 4.42 Å². The second kappa shape index (κ2) is 8.32. The Bertz CT molecular complexity index is 901. The predicted octanol–water partition coefficient (Wildman–Crippen LogP) is 5.14. The lowest BCUT2D eigenvalue weighted by Gasteiger charge is -2.08. The van der Waals surface area contributed by atoms with Crippen molar-refractivity contribution in [3.8, 4) is 11.5 Å². The van der Waals surface area contributed by atoms with E-state index in [1.165, 1.54) is 22.9 Å². The highest BCUT2D eigenvalue weighted by Gasteiger charge is 2.15. The molecule has 134 valence electrons. The van der Waals surface area contributed by atoms with Crippen molar-refractivity contribution < 1.29 is 9.21 Å². The summed E-state index contributed by atoms with van der Waals surface area (Å²) in [5, 5.41) is 8.55. The van der Waals surface area contributed by atoms with Gasteiger partial charge >= 0.3 is 0 Å². The van der Waals surface area contributed by atoms with E-state index in [-0.39, 0.29) is 11.5 Å². The highest BCUT2D eigenvalue weighted by atomic mass is 32.2. The van der Waals surface area contributed by atoms with Gasteiger partial charge in [-0.05, 0) is 49.1 Å². The van der Waals surface area contributed by atoms with Crippen molar-refractivity contribution in [3.63, 3.8) is 0 Å². The molecule has 0 atom stereocenters. The molecule has 3 rings (SSSR count). The third-order valence-electron chi connectivity index (χ3n) is 4.30. The van der Waals surface area contributed by atoms with Gasteiger partial charge in [0.05, 0.1) is 5.75 Å². The molecule has 0 spiro atoms. The first-order valence-electron chi connectivity index (χ1n) is 8.79. The summed E-state index contributed by atoms with van der Waals surface area (Å²) in [6.07, 6.45) is 1.76. The SMILES string of the molecule is CCc1ccc(CC)c(C(=O)CSc2nnc(-c3ccc(C)cc3)o2)c1. The van der Waals surface area contributed by atoms with E-state index in [2.05, 4.69) is 36.2 Å². The molecule has 4 nitrogen and oxygen atoms in total. The van der Waals surface area contributed by atoms with Crippen LogP contribution in [0.1, 0.15) is 40.9 Å². The Morgan fingerprint density at radius 1 is 1.04 bits per heavy atom. The average Bonchev–Trinajstić information content (AvgIpc) is 3.15. The molecule has 2 aromatic carbocycles. The topological polar surface area (TPSA) is 56.0 Å². The van der Waals surface area contributed by atoms with E-state index < -0.39 is 0 Å². The summed E-state index contributed by atoms with van der Waals surface area (Å²) in [6, 6.07) is 14.1. The lowest BCUT2D eigenvalue weighted by Crippen LogP contribution is -2.07. The molecule has 0 saturated carbocycles.